The minimum atomic E-state index is -0.319. The molecule has 0 bridgehead atoms. The van der Waals surface area contributed by atoms with Gasteiger partial charge in [0, 0.05) is 34.8 Å². The number of rotatable bonds is 2. The smallest absolute Gasteiger partial charge is 0.344 e. The molecule has 1 aliphatic heterocycles. The molecule has 3 aromatic carbocycles. The Hall–Kier alpha value is -3.47. The minimum Gasteiger partial charge on any atom is -0.497 e. The topological polar surface area (TPSA) is 51.9 Å². The van der Waals surface area contributed by atoms with Gasteiger partial charge in [-0.15, -0.1) is 0 Å². The Morgan fingerprint density at radius 3 is 2.64 bits per heavy atom. The third kappa shape index (κ3) is 2.51. The average molecular weight is 373 g/mol. The second kappa shape index (κ2) is 6.30. The molecule has 0 spiro atoms. The number of nitrogens with zero attached hydrogens (tertiary/aromatic N) is 1. The summed E-state index contributed by atoms with van der Waals surface area (Å²) in [5.74, 6) is 1.61. The van der Waals surface area contributed by atoms with Crippen LogP contribution >= 0.6 is 0 Å². The molecule has 5 nitrogen and oxygen atoms in total. The summed E-state index contributed by atoms with van der Waals surface area (Å²) in [7, 11) is 1.66. The van der Waals surface area contributed by atoms with Crippen LogP contribution in [0.5, 0.6) is 11.5 Å². The van der Waals surface area contributed by atoms with E-state index in [4.69, 9.17) is 13.9 Å². The number of methoxy groups -OCH3 is 1. The maximum Gasteiger partial charge on any atom is 0.344 e. The monoisotopic (exact) mass is 373 g/mol. The van der Waals surface area contributed by atoms with Gasteiger partial charge in [-0.1, -0.05) is 24.3 Å². The van der Waals surface area contributed by atoms with Crippen LogP contribution in [0.15, 0.2) is 63.8 Å². The lowest BCUT2D eigenvalue weighted by Crippen LogP contribution is -2.32. The standard InChI is InChI=1S/C23H19NO4/c1-14-21-15(12-24(13-27-21)16-6-5-7-17(11-16)26-2)10-20-18-8-3-4-9-19(18)23(25)28-22(14)20/h3-11H,12-13H2,1-2H3. The maximum atomic E-state index is 12.4. The van der Waals surface area contributed by atoms with Crippen LogP contribution in [0.3, 0.4) is 0 Å². The number of ether oxygens (including phenoxy) is 2. The molecule has 0 unspecified atom stereocenters. The van der Waals surface area contributed by atoms with Crippen molar-refractivity contribution < 1.29 is 13.9 Å². The summed E-state index contributed by atoms with van der Waals surface area (Å²) in [6.45, 7) is 3.07. The molecule has 0 atom stereocenters. The normalized spacial score (nSPS) is 13.4. The minimum absolute atomic E-state index is 0.319. The van der Waals surface area contributed by atoms with Gasteiger partial charge in [-0.2, -0.15) is 0 Å². The van der Waals surface area contributed by atoms with Gasteiger partial charge in [0.15, 0.2) is 6.73 Å². The highest BCUT2D eigenvalue weighted by molar-refractivity contribution is 6.06. The van der Waals surface area contributed by atoms with Crippen LogP contribution in [-0.4, -0.2) is 13.8 Å². The molecule has 0 saturated heterocycles. The van der Waals surface area contributed by atoms with Crippen molar-refractivity contribution in [3.63, 3.8) is 0 Å². The van der Waals surface area contributed by atoms with E-state index < -0.39 is 0 Å². The van der Waals surface area contributed by atoms with Gasteiger partial charge in [0.05, 0.1) is 12.5 Å². The fourth-order valence-electron chi connectivity index (χ4n) is 3.91. The lowest BCUT2D eigenvalue weighted by molar-refractivity contribution is 0.287. The van der Waals surface area contributed by atoms with Gasteiger partial charge < -0.3 is 18.8 Å². The number of hydrogen-bond acceptors (Lipinski definition) is 5. The largest absolute Gasteiger partial charge is 0.497 e. The SMILES string of the molecule is COc1cccc(N2COc3c(cc4c(oc(=O)c5ccccc54)c3C)C2)c1. The van der Waals surface area contributed by atoms with Gasteiger partial charge in [-0.05, 0) is 36.6 Å². The summed E-state index contributed by atoms with van der Waals surface area (Å²) in [6, 6.07) is 17.6. The Morgan fingerprint density at radius 2 is 1.82 bits per heavy atom. The number of benzene rings is 3. The van der Waals surface area contributed by atoms with Crippen molar-refractivity contribution in [3.8, 4) is 11.5 Å². The van der Waals surface area contributed by atoms with Gasteiger partial charge in [-0.3, -0.25) is 0 Å². The summed E-state index contributed by atoms with van der Waals surface area (Å²) in [4.78, 5) is 14.5. The van der Waals surface area contributed by atoms with Crippen molar-refractivity contribution in [2.45, 2.75) is 13.5 Å². The van der Waals surface area contributed by atoms with E-state index in [9.17, 15) is 4.79 Å². The van der Waals surface area contributed by atoms with Crippen molar-refractivity contribution >= 4 is 27.4 Å². The number of fused-ring (bicyclic) bond motifs is 4. The quantitative estimate of drug-likeness (QED) is 0.379. The predicted octanol–water partition coefficient (Wildman–Crippen LogP) is 4.62. The van der Waals surface area contributed by atoms with Crippen LogP contribution in [0.25, 0.3) is 21.7 Å². The van der Waals surface area contributed by atoms with Gasteiger partial charge in [0.25, 0.3) is 0 Å². The molecular weight excluding hydrogens is 354 g/mol. The zero-order valence-electron chi connectivity index (χ0n) is 15.7. The molecule has 5 rings (SSSR count). The Kier molecular flexibility index (Phi) is 3.76. The maximum absolute atomic E-state index is 12.4. The Balaban J connectivity index is 1.67. The molecule has 28 heavy (non-hydrogen) atoms. The van der Waals surface area contributed by atoms with Gasteiger partial charge in [0.1, 0.15) is 17.1 Å². The van der Waals surface area contributed by atoms with Crippen LogP contribution in [-0.2, 0) is 6.54 Å². The van der Waals surface area contributed by atoms with Crippen molar-refractivity contribution in [2.75, 3.05) is 18.7 Å². The highest BCUT2D eigenvalue weighted by Crippen LogP contribution is 2.38. The lowest BCUT2D eigenvalue weighted by Gasteiger charge is -2.32. The van der Waals surface area contributed by atoms with Crippen molar-refractivity contribution in [1.82, 2.24) is 0 Å². The zero-order valence-corrected chi connectivity index (χ0v) is 15.7. The predicted molar refractivity (Wildman–Crippen MR) is 109 cm³/mol. The molecule has 0 amide bonds. The van der Waals surface area contributed by atoms with Crippen LogP contribution in [0, 0.1) is 6.92 Å². The number of aryl methyl sites for hydroxylation is 1. The first-order chi connectivity index (χ1) is 13.7. The molecule has 5 heteroatoms. The second-order valence-corrected chi connectivity index (χ2v) is 6.97. The summed E-state index contributed by atoms with van der Waals surface area (Å²) >= 11 is 0. The molecule has 140 valence electrons. The molecule has 0 N–H and O–H groups in total. The van der Waals surface area contributed by atoms with E-state index >= 15 is 0 Å². The van der Waals surface area contributed by atoms with E-state index in [-0.39, 0.29) is 5.63 Å². The summed E-state index contributed by atoms with van der Waals surface area (Å²) in [6.07, 6.45) is 0. The Labute approximate surface area is 161 Å². The second-order valence-electron chi connectivity index (χ2n) is 6.97. The van der Waals surface area contributed by atoms with Gasteiger partial charge in [-0.25, -0.2) is 4.79 Å². The van der Waals surface area contributed by atoms with E-state index in [0.717, 1.165) is 39.1 Å². The van der Waals surface area contributed by atoms with Gasteiger partial charge >= 0.3 is 5.63 Å². The van der Waals surface area contributed by atoms with Crippen molar-refractivity contribution in [1.29, 1.82) is 0 Å². The summed E-state index contributed by atoms with van der Waals surface area (Å²) in [5.41, 5.74) is 3.24. The van der Waals surface area contributed by atoms with E-state index in [1.807, 2.05) is 49.4 Å². The molecule has 0 fully saturated rings. The van der Waals surface area contributed by atoms with Crippen LogP contribution in [0.2, 0.25) is 0 Å². The Bertz CT molecular complexity index is 1280. The first-order valence-electron chi connectivity index (χ1n) is 9.15. The third-order valence-corrected chi connectivity index (χ3v) is 5.31. The molecular formula is C23H19NO4. The fourth-order valence-corrected chi connectivity index (χ4v) is 3.91. The average Bonchev–Trinajstić information content (AvgIpc) is 2.75. The number of hydrogen-bond donors (Lipinski definition) is 0. The molecule has 1 aromatic heterocycles. The van der Waals surface area contributed by atoms with Crippen LogP contribution in [0.4, 0.5) is 5.69 Å². The lowest BCUT2D eigenvalue weighted by atomic mass is 10.00. The zero-order chi connectivity index (χ0) is 19.3. The van der Waals surface area contributed by atoms with Crippen LogP contribution < -0.4 is 20.0 Å². The highest BCUT2D eigenvalue weighted by atomic mass is 16.5. The first kappa shape index (κ1) is 16.7. The number of anilines is 1. The molecule has 4 aromatic rings. The molecule has 0 aliphatic carbocycles. The molecule has 0 saturated carbocycles. The fraction of sp³-hybridized carbons (Fsp3) is 0.174. The van der Waals surface area contributed by atoms with E-state index in [0.29, 0.717) is 24.2 Å². The van der Waals surface area contributed by atoms with Crippen molar-refractivity contribution in [2.24, 2.45) is 0 Å². The van der Waals surface area contributed by atoms with Crippen LogP contribution in [0.1, 0.15) is 11.1 Å². The molecule has 2 heterocycles. The van der Waals surface area contributed by atoms with E-state index in [1.165, 1.54) is 0 Å². The third-order valence-electron chi connectivity index (χ3n) is 5.31. The van der Waals surface area contributed by atoms with Gasteiger partial charge in [0.2, 0.25) is 0 Å². The van der Waals surface area contributed by atoms with E-state index in [1.54, 1.807) is 13.2 Å². The summed E-state index contributed by atoms with van der Waals surface area (Å²) < 4.78 is 17.1. The summed E-state index contributed by atoms with van der Waals surface area (Å²) in [5, 5.41) is 2.43. The molecule has 0 radical (unpaired) electrons. The Morgan fingerprint density at radius 1 is 1.00 bits per heavy atom. The van der Waals surface area contributed by atoms with E-state index in [2.05, 4.69) is 11.0 Å². The highest BCUT2D eigenvalue weighted by Gasteiger charge is 2.23. The molecule has 1 aliphatic rings. The van der Waals surface area contributed by atoms with Crippen molar-refractivity contribution in [3.05, 3.63) is 76.1 Å². The first-order valence-corrected chi connectivity index (χ1v) is 9.15.